The fourth-order valence-corrected chi connectivity index (χ4v) is 5.82. The molecule has 0 saturated carbocycles. The van der Waals surface area contributed by atoms with Gasteiger partial charge in [0.25, 0.3) is 5.79 Å². The molecule has 0 heterocycles. The number of hydrogen-bond acceptors (Lipinski definition) is 6. The summed E-state index contributed by atoms with van der Waals surface area (Å²) in [6, 6.07) is 0. The highest BCUT2D eigenvalue weighted by Gasteiger charge is 2.37. The van der Waals surface area contributed by atoms with E-state index in [1.165, 1.54) is 64.2 Å². The van der Waals surface area contributed by atoms with Crippen LogP contribution in [0.5, 0.6) is 0 Å². The SMILES string of the molecule is CCCCCC(CCCCCC(O)O)(OC(=O)CCCCCCCCCC(C)C)OC(=O)CCCCCCCCCC(C)C. The predicted molar refractivity (Wildman–Crippen MR) is 183 cm³/mol. The van der Waals surface area contributed by atoms with E-state index in [-0.39, 0.29) is 11.9 Å². The van der Waals surface area contributed by atoms with Crippen molar-refractivity contribution in [1.82, 2.24) is 0 Å². The van der Waals surface area contributed by atoms with Crippen LogP contribution < -0.4 is 0 Å². The van der Waals surface area contributed by atoms with Gasteiger partial charge >= 0.3 is 11.9 Å². The van der Waals surface area contributed by atoms with Gasteiger partial charge in [0.2, 0.25) is 0 Å². The van der Waals surface area contributed by atoms with Crippen molar-refractivity contribution in [1.29, 1.82) is 0 Å². The van der Waals surface area contributed by atoms with E-state index >= 15 is 0 Å². The van der Waals surface area contributed by atoms with Gasteiger partial charge in [-0.3, -0.25) is 9.59 Å². The normalized spacial score (nSPS) is 12.0. The number of ether oxygens (including phenoxy) is 2. The van der Waals surface area contributed by atoms with E-state index < -0.39 is 12.1 Å². The minimum atomic E-state index is -1.31. The van der Waals surface area contributed by atoms with E-state index in [0.29, 0.717) is 44.9 Å². The van der Waals surface area contributed by atoms with Gasteiger partial charge in [-0.25, -0.2) is 0 Å². The second-order valence-electron chi connectivity index (χ2n) is 14.2. The molecule has 0 amide bonds. The first-order valence-electron chi connectivity index (χ1n) is 18.9. The van der Waals surface area contributed by atoms with Crippen molar-refractivity contribution in [2.45, 2.75) is 220 Å². The summed E-state index contributed by atoms with van der Waals surface area (Å²) in [5.74, 6) is -0.193. The molecule has 6 nitrogen and oxygen atoms in total. The Labute approximate surface area is 272 Å². The molecule has 0 saturated heterocycles. The Balaban J connectivity index is 4.86. The Bertz CT molecular complexity index is 620. The van der Waals surface area contributed by atoms with E-state index in [4.69, 9.17) is 9.47 Å². The molecule has 0 aliphatic rings. The Morgan fingerprint density at radius 1 is 0.500 bits per heavy atom. The average Bonchev–Trinajstić information content (AvgIpc) is 2.94. The topological polar surface area (TPSA) is 93.1 Å². The molecule has 0 aromatic heterocycles. The molecule has 0 aliphatic carbocycles. The van der Waals surface area contributed by atoms with Crippen LogP contribution in [0.3, 0.4) is 0 Å². The summed E-state index contributed by atoms with van der Waals surface area (Å²) in [5, 5.41) is 18.4. The molecule has 0 aromatic carbocycles. The van der Waals surface area contributed by atoms with E-state index in [2.05, 4.69) is 34.6 Å². The third kappa shape index (κ3) is 28.3. The van der Waals surface area contributed by atoms with Crippen molar-refractivity contribution < 1.29 is 29.3 Å². The molecule has 0 atom stereocenters. The van der Waals surface area contributed by atoms with Gasteiger partial charge in [0.05, 0.1) is 0 Å². The maximum atomic E-state index is 13.1. The first-order valence-corrected chi connectivity index (χ1v) is 18.9. The molecule has 0 rings (SSSR count). The molecular weight excluding hydrogens is 552 g/mol. The Kier molecular flexibility index (Phi) is 28.5. The van der Waals surface area contributed by atoms with Gasteiger partial charge in [0, 0.05) is 25.7 Å². The van der Waals surface area contributed by atoms with Gasteiger partial charge < -0.3 is 19.7 Å². The zero-order chi connectivity index (χ0) is 32.9. The van der Waals surface area contributed by atoms with E-state index in [9.17, 15) is 19.8 Å². The quantitative estimate of drug-likeness (QED) is 0.0438. The molecule has 0 aromatic rings. The molecule has 0 unspecified atom stereocenters. The number of carbonyl (C=O) groups is 2. The summed E-state index contributed by atoms with van der Waals surface area (Å²) in [4.78, 5) is 26.1. The molecule has 2 N–H and O–H groups in total. The summed E-state index contributed by atoms with van der Waals surface area (Å²) in [6.45, 7) is 11.2. The smallest absolute Gasteiger partial charge is 0.309 e. The third-order valence-electron chi connectivity index (χ3n) is 8.61. The molecular formula is C38H74O6. The number of esters is 2. The van der Waals surface area contributed by atoms with Crippen LogP contribution in [0.15, 0.2) is 0 Å². The average molecular weight is 627 g/mol. The fourth-order valence-electron chi connectivity index (χ4n) is 5.82. The van der Waals surface area contributed by atoms with Crippen molar-refractivity contribution in [3.8, 4) is 0 Å². The van der Waals surface area contributed by atoms with Gasteiger partial charge in [-0.2, -0.15) is 0 Å². The molecule has 0 bridgehead atoms. The number of aliphatic hydroxyl groups is 2. The van der Waals surface area contributed by atoms with Gasteiger partial charge in [0.15, 0.2) is 6.29 Å². The van der Waals surface area contributed by atoms with Crippen LogP contribution in [-0.2, 0) is 19.1 Å². The highest BCUT2D eigenvalue weighted by Crippen LogP contribution is 2.31. The Hall–Kier alpha value is -1.14. The summed E-state index contributed by atoms with van der Waals surface area (Å²) in [5.41, 5.74) is 0. The molecule has 0 fully saturated rings. The van der Waals surface area contributed by atoms with Crippen molar-refractivity contribution in [3.63, 3.8) is 0 Å². The standard InChI is InChI=1S/C38H74O6/c1-6-7-24-31-38(32-25-18-21-28-35(39)40,43-36(41)29-22-16-12-8-10-14-19-26-33(2)3)44-37(42)30-23-17-13-9-11-15-20-27-34(4)5/h33-35,39-40H,6-32H2,1-5H3. The molecule has 262 valence electrons. The van der Waals surface area contributed by atoms with E-state index in [1.807, 2.05) is 0 Å². The predicted octanol–water partition coefficient (Wildman–Crippen LogP) is 10.9. The maximum absolute atomic E-state index is 13.1. The summed E-state index contributed by atoms with van der Waals surface area (Å²) in [6.07, 6.45) is 24.4. The first kappa shape index (κ1) is 42.9. The largest absolute Gasteiger partial charge is 0.422 e. The molecule has 44 heavy (non-hydrogen) atoms. The minimum absolute atomic E-state index is 0.269. The van der Waals surface area contributed by atoms with Crippen LogP contribution in [0.4, 0.5) is 0 Å². The third-order valence-corrected chi connectivity index (χ3v) is 8.61. The van der Waals surface area contributed by atoms with Crippen LogP contribution in [0.1, 0.15) is 208 Å². The zero-order valence-corrected chi connectivity index (χ0v) is 29.9. The summed E-state index contributed by atoms with van der Waals surface area (Å²) in [7, 11) is 0. The highest BCUT2D eigenvalue weighted by molar-refractivity contribution is 5.72. The molecule has 6 heteroatoms. The zero-order valence-electron chi connectivity index (χ0n) is 29.9. The highest BCUT2D eigenvalue weighted by atomic mass is 16.7. The number of rotatable bonds is 32. The summed E-state index contributed by atoms with van der Waals surface area (Å²) >= 11 is 0. The van der Waals surface area contributed by atoms with E-state index in [1.54, 1.807) is 0 Å². The molecule has 0 aliphatic heterocycles. The van der Waals surface area contributed by atoms with Gasteiger partial charge in [-0.05, 0) is 50.4 Å². The molecule has 0 radical (unpaired) electrons. The van der Waals surface area contributed by atoms with Crippen molar-refractivity contribution in [2.24, 2.45) is 11.8 Å². The van der Waals surface area contributed by atoms with E-state index in [0.717, 1.165) is 76.0 Å². The second-order valence-corrected chi connectivity index (χ2v) is 14.2. The lowest BCUT2D eigenvalue weighted by Gasteiger charge is -2.33. The van der Waals surface area contributed by atoms with Crippen LogP contribution in [0.25, 0.3) is 0 Å². The minimum Gasteiger partial charge on any atom is -0.422 e. The number of aliphatic hydroxyl groups excluding tert-OH is 1. The van der Waals surface area contributed by atoms with Crippen LogP contribution >= 0.6 is 0 Å². The first-order chi connectivity index (χ1) is 21.1. The van der Waals surface area contributed by atoms with Crippen LogP contribution in [0, 0.1) is 11.8 Å². The molecule has 0 spiro atoms. The lowest BCUT2D eigenvalue weighted by atomic mass is 9.99. The van der Waals surface area contributed by atoms with Gasteiger partial charge in [-0.1, -0.05) is 144 Å². The maximum Gasteiger partial charge on any atom is 0.309 e. The number of hydrogen-bond donors (Lipinski definition) is 2. The van der Waals surface area contributed by atoms with Gasteiger partial charge in [-0.15, -0.1) is 0 Å². The summed E-state index contributed by atoms with van der Waals surface area (Å²) < 4.78 is 12.2. The lowest BCUT2D eigenvalue weighted by molar-refractivity contribution is -0.235. The van der Waals surface area contributed by atoms with Crippen molar-refractivity contribution in [3.05, 3.63) is 0 Å². The van der Waals surface area contributed by atoms with Crippen molar-refractivity contribution >= 4 is 11.9 Å². The fraction of sp³-hybridized carbons (Fsp3) is 0.947. The van der Waals surface area contributed by atoms with Crippen molar-refractivity contribution in [2.75, 3.05) is 0 Å². The Morgan fingerprint density at radius 3 is 1.23 bits per heavy atom. The monoisotopic (exact) mass is 627 g/mol. The van der Waals surface area contributed by atoms with Crippen LogP contribution in [0.2, 0.25) is 0 Å². The lowest BCUT2D eigenvalue weighted by Crippen LogP contribution is -2.40. The number of unbranched alkanes of at least 4 members (excludes halogenated alkanes) is 16. The van der Waals surface area contributed by atoms with Crippen LogP contribution in [-0.4, -0.2) is 34.2 Å². The number of carbonyl (C=O) groups excluding carboxylic acids is 2. The van der Waals surface area contributed by atoms with Gasteiger partial charge in [0.1, 0.15) is 0 Å². The second kappa shape index (κ2) is 29.3. The Morgan fingerprint density at radius 2 is 0.841 bits per heavy atom.